The Labute approximate surface area is 133 Å². The highest BCUT2D eigenvalue weighted by Crippen LogP contribution is 2.23. The molecular weight excluding hydrogens is 304 g/mol. The molecule has 1 aromatic carbocycles. The summed E-state index contributed by atoms with van der Waals surface area (Å²) in [4.78, 5) is 26.0. The molecule has 0 aromatic heterocycles. The maximum atomic E-state index is 13.6. The molecule has 0 spiro atoms. The Kier molecular flexibility index (Phi) is 4.45. The van der Waals surface area contributed by atoms with Gasteiger partial charge in [-0.2, -0.15) is 0 Å². The fourth-order valence-electron chi connectivity index (χ4n) is 2.69. The third kappa shape index (κ3) is 3.97. The minimum absolute atomic E-state index is 0.0454. The van der Waals surface area contributed by atoms with E-state index in [2.05, 4.69) is 10.6 Å². The van der Waals surface area contributed by atoms with Gasteiger partial charge < -0.3 is 15.5 Å². The van der Waals surface area contributed by atoms with Crippen LogP contribution in [0.25, 0.3) is 0 Å². The summed E-state index contributed by atoms with van der Waals surface area (Å²) in [5.41, 5.74) is -0.0454. The van der Waals surface area contributed by atoms with E-state index in [4.69, 9.17) is 0 Å². The number of anilines is 1. The normalized spacial score (nSPS) is 21.0. The predicted molar refractivity (Wildman–Crippen MR) is 80.8 cm³/mol. The number of piperidine rings is 1. The van der Waals surface area contributed by atoms with Crippen molar-refractivity contribution < 1.29 is 18.4 Å². The van der Waals surface area contributed by atoms with Gasteiger partial charge in [0.15, 0.2) is 0 Å². The minimum Gasteiger partial charge on any atom is -0.335 e. The number of nitrogens with zero attached hydrogens (tertiary/aromatic N) is 1. The third-order valence-electron chi connectivity index (χ3n) is 4.17. The van der Waals surface area contributed by atoms with Gasteiger partial charge in [0, 0.05) is 25.2 Å². The number of rotatable bonds is 3. The monoisotopic (exact) mass is 323 g/mol. The smallest absolute Gasteiger partial charge is 0.317 e. The van der Waals surface area contributed by atoms with Gasteiger partial charge in [-0.1, -0.05) is 0 Å². The maximum absolute atomic E-state index is 13.6. The summed E-state index contributed by atoms with van der Waals surface area (Å²) >= 11 is 0. The first-order valence-corrected chi connectivity index (χ1v) is 7.84. The molecule has 3 rings (SSSR count). The number of nitrogens with one attached hydrogen (secondary N) is 2. The quantitative estimate of drug-likeness (QED) is 0.898. The molecule has 1 aromatic rings. The van der Waals surface area contributed by atoms with E-state index in [9.17, 15) is 18.4 Å². The van der Waals surface area contributed by atoms with Crippen molar-refractivity contribution in [1.82, 2.24) is 10.2 Å². The number of amides is 3. The second-order valence-electron chi connectivity index (χ2n) is 6.12. The average molecular weight is 323 g/mol. The van der Waals surface area contributed by atoms with Crippen LogP contribution in [0.5, 0.6) is 0 Å². The molecule has 2 N–H and O–H groups in total. The number of hydrogen-bond donors (Lipinski definition) is 2. The summed E-state index contributed by atoms with van der Waals surface area (Å²) in [6.45, 7) is 0.931. The lowest BCUT2D eigenvalue weighted by Crippen LogP contribution is -2.48. The van der Waals surface area contributed by atoms with Gasteiger partial charge in [0.1, 0.15) is 11.6 Å². The highest BCUT2D eigenvalue weighted by atomic mass is 19.1. The molecule has 1 aliphatic heterocycles. The molecule has 1 aliphatic carbocycles. The highest BCUT2D eigenvalue weighted by Gasteiger charge is 2.31. The van der Waals surface area contributed by atoms with Gasteiger partial charge in [-0.15, -0.1) is 0 Å². The zero-order valence-electron chi connectivity index (χ0n) is 12.6. The Hall–Kier alpha value is -2.18. The van der Waals surface area contributed by atoms with Crippen LogP contribution >= 0.6 is 0 Å². The van der Waals surface area contributed by atoms with Crippen LogP contribution in [0.4, 0.5) is 19.3 Å². The molecule has 7 heteroatoms. The molecule has 124 valence electrons. The summed E-state index contributed by atoms with van der Waals surface area (Å²) in [6.07, 6.45) is 3.38. The van der Waals surface area contributed by atoms with Gasteiger partial charge in [-0.25, -0.2) is 13.6 Å². The molecule has 1 atom stereocenters. The molecule has 2 fully saturated rings. The van der Waals surface area contributed by atoms with Crippen LogP contribution in [0.15, 0.2) is 18.2 Å². The number of likely N-dealkylation sites (tertiary alicyclic amines) is 1. The topological polar surface area (TPSA) is 61.4 Å². The zero-order valence-corrected chi connectivity index (χ0v) is 12.6. The Morgan fingerprint density at radius 2 is 1.96 bits per heavy atom. The van der Waals surface area contributed by atoms with E-state index in [-0.39, 0.29) is 23.7 Å². The minimum atomic E-state index is -0.808. The number of carbonyl (C=O) groups excluding carboxylic acids is 2. The van der Waals surface area contributed by atoms with Gasteiger partial charge in [0.2, 0.25) is 5.91 Å². The third-order valence-corrected chi connectivity index (χ3v) is 4.17. The summed E-state index contributed by atoms with van der Waals surface area (Å²) in [5, 5.41) is 5.38. The van der Waals surface area contributed by atoms with Crippen molar-refractivity contribution >= 4 is 17.6 Å². The van der Waals surface area contributed by atoms with Crippen LogP contribution in [0.1, 0.15) is 25.7 Å². The molecule has 5 nitrogen and oxygen atoms in total. The number of hydrogen-bond acceptors (Lipinski definition) is 2. The largest absolute Gasteiger partial charge is 0.335 e. The van der Waals surface area contributed by atoms with Gasteiger partial charge in [0.05, 0.1) is 11.6 Å². The lowest BCUT2D eigenvalue weighted by Gasteiger charge is -2.32. The lowest BCUT2D eigenvalue weighted by atomic mass is 9.97. The second kappa shape index (κ2) is 6.52. The van der Waals surface area contributed by atoms with Gasteiger partial charge in [0.25, 0.3) is 0 Å². The van der Waals surface area contributed by atoms with Crippen LogP contribution in [0.2, 0.25) is 0 Å². The standard InChI is InChI=1S/C16H19F2N3O2/c17-11-3-6-14(13(18)8-11)20-15(22)10-2-1-7-21(9-10)16(23)19-12-4-5-12/h3,6,8,10,12H,1-2,4-5,7,9H2,(H,19,23)(H,20,22). The predicted octanol–water partition coefficient (Wildman–Crippen LogP) is 2.49. The number of carbonyl (C=O) groups is 2. The average Bonchev–Trinajstić information content (AvgIpc) is 3.34. The van der Waals surface area contributed by atoms with Crippen molar-refractivity contribution in [2.75, 3.05) is 18.4 Å². The molecule has 1 heterocycles. The summed E-state index contributed by atoms with van der Waals surface area (Å²) in [6, 6.07) is 3.15. The molecule has 1 unspecified atom stereocenters. The van der Waals surface area contributed by atoms with Crippen molar-refractivity contribution in [1.29, 1.82) is 0 Å². The van der Waals surface area contributed by atoms with E-state index in [1.807, 2.05) is 0 Å². The first-order valence-electron chi connectivity index (χ1n) is 7.84. The van der Waals surface area contributed by atoms with Crippen LogP contribution in [-0.2, 0) is 4.79 Å². The first-order chi connectivity index (χ1) is 11.0. The number of benzene rings is 1. The van der Waals surface area contributed by atoms with Crippen LogP contribution < -0.4 is 10.6 Å². The number of halogens is 2. The van der Waals surface area contributed by atoms with Gasteiger partial charge in [-0.05, 0) is 37.8 Å². The lowest BCUT2D eigenvalue weighted by molar-refractivity contribution is -0.121. The van der Waals surface area contributed by atoms with Crippen molar-refractivity contribution in [2.24, 2.45) is 5.92 Å². The summed E-state index contributed by atoms with van der Waals surface area (Å²) in [5.74, 6) is -2.24. The van der Waals surface area contributed by atoms with Crippen molar-refractivity contribution in [3.8, 4) is 0 Å². The molecule has 23 heavy (non-hydrogen) atoms. The second-order valence-corrected chi connectivity index (χ2v) is 6.12. The Morgan fingerprint density at radius 1 is 1.17 bits per heavy atom. The molecule has 1 saturated heterocycles. The summed E-state index contributed by atoms with van der Waals surface area (Å²) in [7, 11) is 0. The molecule has 2 aliphatic rings. The van der Waals surface area contributed by atoms with Crippen LogP contribution in [-0.4, -0.2) is 36.0 Å². The van der Waals surface area contributed by atoms with Crippen LogP contribution in [0.3, 0.4) is 0 Å². The van der Waals surface area contributed by atoms with Gasteiger partial charge >= 0.3 is 6.03 Å². The molecular formula is C16H19F2N3O2. The van der Waals surface area contributed by atoms with E-state index in [0.717, 1.165) is 31.4 Å². The highest BCUT2D eigenvalue weighted by molar-refractivity contribution is 5.93. The van der Waals surface area contributed by atoms with E-state index >= 15 is 0 Å². The molecule has 0 bridgehead atoms. The van der Waals surface area contributed by atoms with Gasteiger partial charge in [-0.3, -0.25) is 4.79 Å². The Bertz CT molecular complexity index is 619. The van der Waals surface area contributed by atoms with Crippen molar-refractivity contribution in [2.45, 2.75) is 31.7 Å². The van der Waals surface area contributed by atoms with Crippen molar-refractivity contribution in [3.63, 3.8) is 0 Å². The molecule has 1 saturated carbocycles. The van der Waals surface area contributed by atoms with E-state index in [1.54, 1.807) is 4.90 Å². The Morgan fingerprint density at radius 3 is 2.65 bits per heavy atom. The SMILES string of the molecule is O=C(Nc1ccc(F)cc1F)C1CCCN(C(=O)NC2CC2)C1. The molecule has 0 radical (unpaired) electrons. The fraction of sp³-hybridized carbons (Fsp3) is 0.500. The van der Waals surface area contributed by atoms with E-state index in [1.165, 1.54) is 6.07 Å². The zero-order chi connectivity index (χ0) is 16.4. The molecule has 3 amide bonds. The van der Waals surface area contributed by atoms with Crippen molar-refractivity contribution in [3.05, 3.63) is 29.8 Å². The summed E-state index contributed by atoms with van der Waals surface area (Å²) < 4.78 is 26.5. The first kappa shape index (κ1) is 15.7. The van der Waals surface area contributed by atoms with Crippen LogP contribution in [0, 0.1) is 17.6 Å². The number of urea groups is 1. The van der Waals surface area contributed by atoms with E-state index in [0.29, 0.717) is 19.5 Å². The Balaban J connectivity index is 1.58. The fourth-order valence-corrected chi connectivity index (χ4v) is 2.69. The van der Waals surface area contributed by atoms with E-state index < -0.39 is 17.6 Å². The maximum Gasteiger partial charge on any atom is 0.317 e.